The van der Waals surface area contributed by atoms with Gasteiger partial charge in [0.05, 0.1) is 15.8 Å². The van der Waals surface area contributed by atoms with Crippen molar-refractivity contribution in [1.29, 1.82) is 0 Å². The first kappa shape index (κ1) is 16.6. The molecule has 3 N–H and O–H groups in total. The Morgan fingerprint density at radius 3 is 2.25 bits per heavy atom. The Bertz CT molecular complexity index is 738. The molecule has 1 atom stereocenters. The van der Waals surface area contributed by atoms with Crippen molar-refractivity contribution in [2.24, 2.45) is 5.73 Å². The Labute approximate surface area is 118 Å². The number of hydrogen-bond acceptors (Lipinski definition) is 5. The third-order valence-corrected chi connectivity index (χ3v) is 5.43. The number of primary amides is 1. The van der Waals surface area contributed by atoms with E-state index < -0.39 is 31.8 Å². The summed E-state index contributed by atoms with van der Waals surface area (Å²) < 4.78 is 49.3. The number of sulfone groups is 1. The molecule has 0 radical (unpaired) electrons. The molecule has 0 spiro atoms. The van der Waals surface area contributed by atoms with Crippen LogP contribution < -0.4 is 10.5 Å². The van der Waals surface area contributed by atoms with E-state index in [9.17, 15) is 21.6 Å². The van der Waals surface area contributed by atoms with Gasteiger partial charge < -0.3 is 5.73 Å². The zero-order valence-electron chi connectivity index (χ0n) is 11.2. The number of rotatable bonds is 5. The molecular weight excluding hydrogens is 304 g/mol. The van der Waals surface area contributed by atoms with Gasteiger partial charge >= 0.3 is 0 Å². The zero-order chi connectivity index (χ0) is 15.7. The molecule has 0 aliphatic carbocycles. The standard InChI is InChI=1S/C11H16N2O5S2/c1-7-4-5-9(19(3,15)16)6-10(7)20(17,18)13-8(2)11(12)14/h4-6,8,13H,1-3H3,(H2,12,14). The normalized spacial score (nSPS) is 13.9. The molecule has 0 saturated carbocycles. The maximum atomic E-state index is 12.1. The third-order valence-electron chi connectivity index (χ3n) is 2.64. The lowest BCUT2D eigenvalue weighted by Crippen LogP contribution is -2.42. The molecule has 1 aromatic rings. The smallest absolute Gasteiger partial charge is 0.241 e. The minimum Gasteiger partial charge on any atom is -0.368 e. The van der Waals surface area contributed by atoms with Crippen LogP contribution in [0.4, 0.5) is 0 Å². The molecule has 7 nitrogen and oxygen atoms in total. The fraction of sp³-hybridized carbons (Fsp3) is 0.364. The highest BCUT2D eigenvalue weighted by Crippen LogP contribution is 2.20. The summed E-state index contributed by atoms with van der Waals surface area (Å²) in [6.45, 7) is 2.82. The van der Waals surface area contributed by atoms with E-state index in [2.05, 4.69) is 4.72 Å². The Morgan fingerprint density at radius 2 is 1.80 bits per heavy atom. The zero-order valence-corrected chi connectivity index (χ0v) is 12.9. The van der Waals surface area contributed by atoms with Gasteiger partial charge in [0.1, 0.15) is 0 Å². The highest BCUT2D eigenvalue weighted by atomic mass is 32.2. The number of amides is 1. The largest absolute Gasteiger partial charge is 0.368 e. The van der Waals surface area contributed by atoms with Crippen LogP contribution in [0.2, 0.25) is 0 Å². The number of carbonyl (C=O) groups excluding carboxylic acids is 1. The molecule has 0 heterocycles. The molecule has 1 aromatic carbocycles. The van der Waals surface area contributed by atoms with E-state index in [4.69, 9.17) is 5.73 Å². The Balaban J connectivity index is 3.35. The maximum Gasteiger partial charge on any atom is 0.241 e. The molecule has 0 saturated heterocycles. The lowest BCUT2D eigenvalue weighted by atomic mass is 10.2. The number of sulfonamides is 1. The molecule has 1 rings (SSSR count). The van der Waals surface area contributed by atoms with Gasteiger partial charge in [-0.3, -0.25) is 4.79 Å². The molecule has 0 aliphatic heterocycles. The van der Waals surface area contributed by atoms with Crippen molar-refractivity contribution in [2.75, 3.05) is 6.26 Å². The van der Waals surface area contributed by atoms with Gasteiger partial charge in [-0.2, -0.15) is 4.72 Å². The summed E-state index contributed by atoms with van der Waals surface area (Å²) in [5.74, 6) is -0.828. The molecule has 1 amide bonds. The van der Waals surface area contributed by atoms with E-state index >= 15 is 0 Å². The van der Waals surface area contributed by atoms with Gasteiger partial charge in [-0.25, -0.2) is 16.8 Å². The predicted octanol–water partition coefficient (Wildman–Crippen LogP) is -0.449. The molecule has 20 heavy (non-hydrogen) atoms. The van der Waals surface area contributed by atoms with Crippen LogP contribution in [0.1, 0.15) is 12.5 Å². The lowest BCUT2D eigenvalue weighted by molar-refractivity contribution is -0.119. The van der Waals surface area contributed by atoms with Crippen molar-refractivity contribution in [2.45, 2.75) is 29.7 Å². The molecule has 0 fully saturated rings. The van der Waals surface area contributed by atoms with Crippen LogP contribution in [0.25, 0.3) is 0 Å². The summed E-state index contributed by atoms with van der Waals surface area (Å²) in [7, 11) is -7.56. The van der Waals surface area contributed by atoms with Crippen molar-refractivity contribution in [3.63, 3.8) is 0 Å². The summed E-state index contributed by atoms with van der Waals surface area (Å²) in [5, 5.41) is 0. The highest BCUT2D eigenvalue weighted by molar-refractivity contribution is 7.91. The van der Waals surface area contributed by atoms with Crippen LogP contribution in [0.15, 0.2) is 28.0 Å². The number of benzene rings is 1. The summed E-state index contributed by atoms with van der Waals surface area (Å²) in [4.78, 5) is 10.6. The number of carbonyl (C=O) groups is 1. The Hall–Kier alpha value is -1.45. The monoisotopic (exact) mass is 320 g/mol. The first-order valence-corrected chi connectivity index (χ1v) is 8.95. The first-order chi connectivity index (χ1) is 8.95. The van der Waals surface area contributed by atoms with E-state index in [0.717, 1.165) is 12.3 Å². The van der Waals surface area contributed by atoms with Gasteiger partial charge in [0.25, 0.3) is 0 Å². The van der Waals surface area contributed by atoms with Gasteiger partial charge in [0.2, 0.25) is 15.9 Å². The second-order valence-corrected chi connectivity index (χ2v) is 8.14. The summed E-state index contributed by atoms with van der Waals surface area (Å²) in [6, 6.07) is 2.67. The molecule has 0 aliphatic rings. The van der Waals surface area contributed by atoms with Crippen LogP contribution in [0.3, 0.4) is 0 Å². The van der Waals surface area contributed by atoms with Gasteiger partial charge in [0.15, 0.2) is 9.84 Å². The first-order valence-electron chi connectivity index (χ1n) is 5.57. The van der Waals surface area contributed by atoms with E-state index in [1.165, 1.54) is 26.0 Å². The van der Waals surface area contributed by atoms with E-state index in [1.807, 2.05) is 0 Å². The number of nitrogens with one attached hydrogen (secondary N) is 1. The quantitative estimate of drug-likeness (QED) is 0.760. The van der Waals surface area contributed by atoms with Crippen LogP contribution in [0.5, 0.6) is 0 Å². The Kier molecular flexibility index (Phi) is 4.57. The number of nitrogens with two attached hydrogens (primary N) is 1. The van der Waals surface area contributed by atoms with Gasteiger partial charge in [-0.05, 0) is 31.5 Å². The average Bonchev–Trinajstić information content (AvgIpc) is 2.26. The maximum absolute atomic E-state index is 12.1. The molecular formula is C11H16N2O5S2. The fourth-order valence-electron chi connectivity index (χ4n) is 1.45. The molecule has 1 unspecified atom stereocenters. The SMILES string of the molecule is Cc1ccc(S(C)(=O)=O)cc1S(=O)(=O)NC(C)C(N)=O. The highest BCUT2D eigenvalue weighted by Gasteiger charge is 2.23. The van der Waals surface area contributed by atoms with E-state index in [-0.39, 0.29) is 9.79 Å². The molecule has 9 heteroatoms. The second kappa shape index (κ2) is 5.51. The number of hydrogen-bond donors (Lipinski definition) is 2. The van der Waals surface area contributed by atoms with E-state index in [0.29, 0.717) is 5.56 Å². The van der Waals surface area contributed by atoms with E-state index in [1.54, 1.807) is 0 Å². The van der Waals surface area contributed by atoms with Gasteiger partial charge in [0, 0.05) is 6.26 Å². The van der Waals surface area contributed by atoms with Crippen molar-refractivity contribution in [3.05, 3.63) is 23.8 Å². The average molecular weight is 320 g/mol. The number of aryl methyl sites for hydroxylation is 1. The van der Waals surface area contributed by atoms with Crippen molar-refractivity contribution < 1.29 is 21.6 Å². The summed E-state index contributed by atoms with van der Waals surface area (Å²) in [6.07, 6.45) is 0.980. The fourth-order valence-corrected chi connectivity index (χ4v) is 3.66. The molecule has 112 valence electrons. The van der Waals surface area contributed by atoms with Crippen LogP contribution in [-0.2, 0) is 24.7 Å². The topological polar surface area (TPSA) is 123 Å². The van der Waals surface area contributed by atoms with Crippen LogP contribution >= 0.6 is 0 Å². The van der Waals surface area contributed by atoms with Crippen molar-refractivity contribution >= 4 is 25.8 Å². The third kappa shape index (κ3) is 3.78. The van der Waals surface area contributed by atoms with Crippen molar-refractivity contribution in [1.82, 2.24) is 4.72 Å². The van der Waals surface area contributed by atoms with Gasteiger partial charge in [-0.1, -0.05) is 6.07 Å². The predicted molar refractivity (Wildman–Crippen MR) is 73.3 cm³/mol. The van der Waals surface area contributed by atoms with Crippen LogP contribution in [-0.4, -0.2) is 35.0 Å². The summed E-state index contributed by atoms with van der Waals surface area (Å²) in [5.41, 5.74) is 5.36. The minimum atomic E-state index is -4.03. The van der Waals surface area contributed by atoms with Crippen molar-refractivity contribution in [3.8, 4) is 0 Å². The second-order valence-electron chi connectivity index (χ2n) is 4.44. The Morgan fingerprint density at radius 1 is 1.25 bits per heavy atom. The molecule has 0 aromatic heterocycles. The minimum absolute atomic E-state index is 0.116. The van der Waals surface area contributed by atoms with Gasteiger partial charge in [-0.15, -0.1) is 0 Å². The summed E-state index contributed by atoms with van der Waals surface area (Å²) >= 11 is 0. The van der Waals surface area contributed by atoms with Crippen LogP contribution in [0, 0.1) is 6.92 Å². The molecule has 0 bridgehead atoms. The lowest BCUT2D eigenvalue weighted by Gasteiger charge is -2.13.